The van der Waals surface area contributed by atoms with Crippen LogP contribution in [0.3, 0.4) is 0 Å². The molecule has 0 radical (unpaired) electrons. The van der Waals surface area contributed by atoms with Gasteiger partial charge in [0.15, 0.2) is 0 Å². The lowest BCUT2D eigenvalue weighted by Crippen LogP contribution is -2.25. The molecular formula is C14H17F3N2O. The number of halogens is 3. The normalized spacial score (nSPS) is 19.1. The number of carbonyl (C=O) groups excluding carboxylic acids is 1. The number of hydrogen-bond acceptors (Lipinski definition) is 2. The Balaban J connectivity index is 2.01. The Morgan fingerprint density at radius 1 is 1.35 bits per heavy atom. The van der Waals surface area contributed by atoms with Crippen LogP contribution in [0.2, 0.25) is 0 Å². The highest BCUT2D eigenvalue weighted by Gasteiger charge is 2.27. The van der Waals surface area contributed by atoms with Crippen molar-refractivity contribution < 1.29 is 18.0 Å². The van der Waals surface area contributed by atoms with Crippen LogP contribution < -0.4 is 10.6 Å². The van der Waals surface area contributed by atoms with Crippen molar-refractivity contribution in [1.82, 2.24) is 5.32 Å². The molecule has 2 rings (SSSR count). The summed E-state index contributed by atoms with van der Waals surface area (Å²) >= 11 is 0. The first-order valence-corrected chi connectivity index (χ1v) is 6.62. The molecule has 1 saturated heterocycles. The summed E-state index contributed by atoms with van der Waals surface area (Å²) in [6.45, 7) is 1.42. The summed E-state index contributed by atoms with van der Waals surface area (Å²) in [6, 6.07) is 6.65. The van der Waals surface area contributed by atoms with Gasteiger partial charge in [-0.1, -0.05) is 18.2 Å². The van der Waals surface area contributed by atoms with E-state index in [4.69, 9.17) is 0 Å². The third-order valence-electron chi connectivity index (χ3n) is 3.38. The highest BCUT2D eigenvalue weighted by molar-refractivity contribution is 5.93. The average molecular weight is 286 g/mol. The number of benzene rings is 1. The predicted octanol–water partition coefficient (Wildman–Crippen LogP) is 2.73. The molecule has 0 saturated carbocycles. The molecular weight excluding hydrogens is 269 g/mol. The summed E-state index contributed by atoms with van der Waals surface area (Å²) < 4.78 is 36.9. The zero-order chi connectivity index (χ0) is 14.6. The van der Waals surface area contributed by atoms with Gasteiger partial charge in [0.2, 0.25) is 5.91 Å². The molecule has 1 amide bonds. The Morgan fingerprint density at radius 2 is 2.10 bits per heavy atom. The lowest BCUT2D eigenvalue weighted by atomic mass is 10.1. The number of para-hydroxylation sites is 1. The number of anilines is 1. The van der Waals surface area contributed by atoms with E-state index in [0.717, 1.165) is 13.0 Å². The molecule has 0 aliphatic carbocycles. The van der Waals surface area contributed by atoms with Gasteiger partial charge in [-0.2, -0.15) is 13.2 Å². The maximum atomic E-state index is 12.3. The van der Waals surface area contributed by atoms with E-state index in [1.54, 1.807) is 24.3 Å². The summed E-state index contributed by atoms with van der Waals surface area (Å²) in [7, 11) is 0. The molecule has 110 valence electrons. The van der Waals surface area contributed by atoms with Crippen LogP contribution in [0.4, 0.5) is 18.9 Å². The van der Waals surface area contributed by atoms with Crippen molar-refractivity contribution in [1.29, 1.82) is 0 Å². The Hall–Kier alpha value is -1.56. The molecule has 2 N–H and O–H groups in total. The molecule has 1 aliphatic rings. The molecule has 6 heteroatoms. The first-order chi connectivity index (χ1) is 9.46. The van der Waals surface area contributed by atoms with E-state index >= 15 is 0 Å². The van der Waals surface area contributed by atoms with Crippen molar-refractivity contribution in [3.8, 4) is 0 Å². The van der Waals surface area contributed by atoms with E-state index < -0.39 is 12.6 Å². The van der Waals surface area contributed by atoms with Crippen LogP contribution in [0.25, 0.3) is 0 Å². The molecule has 1 unspecified atom stereocenters. The third-order valence-corrected chi connectivity index (χ3v) is 3.38. The number of alkyl halides is 3. The zero-order valence-corrected chi connectivity index (χ0v) is 11.0. The standard InChI is InChI=1S/C14H17F3N2O/c15-14(16,17)7-5-10-3-1-2-4-12(10)19-13(20)11-6-8-18-9-11/h1-4,11,18H,5-9H2,(H,19,20). The van der Waals surface area contributed by atoms with Gasteiger partial charge >= 0.3 is 6.18 Å². The quantitative estimate of drug-likeness (QED) is 0.893. The number of aryl methyl sites for hydroxylation is 1. The van der Waals surface area contributed by atoms with Crippen molar-refractivity contribution in [2.24, 2.45) is 5.92 Å². The molecule has 0 spiro atoms. The van der Waals surface area contributed by atoms with Gasteiger partial charge in [-0.05, 0) is 31.0 Å². The molecule has 1 heterocycles. The Bertz CT molecular complexity index is 468. The molecule has 1 atom stereocenters. The lowest BCUT2D eigenvalue weighted by molar-refractivity contribution is -0.133. The SMILES string of the molecule is O=C(Nc1ccccc1CCC(F)(F)F)C1CCNC1. The van der Waals surface area contributed by atoms with Gasteiger partial charge < -0.3 is 10.6 Å². The van der Waals surface area contributed by atoms with Crippen molar-refractivity contribution in [2.75, 3.05) is 18.4 Å². The summed E-state index contributed by atoms with van der Waals surface area (Å²) in [6.07, 6.45) is -4.43. The lowest BCUT2D eigenvalue weighted by Gasteiger charge is -2.14. The second-order valence-electron chi connectivity index (χ2n) is 4.95. The zero-order valence-electron chi connectivity index (χ0n) is 11.0. The van der Waals surface area contributed by atoms with Crippen LogP contribution in [0.5, 0.6) is 0 Å². The van der Waals surface area contributed by atoms with Gasteiger partial charge in [0.1, 0.15) is 0 Å². The van der Waals surface area contributed by atoms with Crippen LogP contribution in [-0.2, 0) is 11.2 Å². The van der Waals surface area contributed by atoms with Crippen molar-refractivity contribution in [3.05, 3.63) is 29.8 Å². The maximum Gasteiger partial charge on any atom is 0.389 e. The summed E-state index contributed by atoms with van der Waals surface area (Å²) in [5, 5.41) is 5.83. The fourth-order valence-corrected chi connectivity index (χ4v) is 2.25. The largest absolute Gasteiger partial charge is 0.389 e. The highest BCUT2D eigenvalue weighted by atomic mass is 19.4. The number of rotatable bonds is 4. The molecule has 1 aromatic rings. The molecule has 1 aliphatic heterocycles. The van der Waals surface area contributed by atoms with Crippen LogP contribution in [0, 0.1) is 5.92 Å². The first-order valence-electron chi connectivity index (χ1n) is 6.62. The molecule has 3 nitrogen and oxygen atoms in total. The smallest absolute Gasteiger partial charge is 0.326 e. The Kier molecular flexibility index (Phi) is 4.65. The van der Waals surface area contributed by atoms with E-state index in [9.17, 15) is 18.0 Å². The predicted molar refractivity (Wildman–Crippen MR) is 70.4 cm³/mol. The number of amides is 1. The van der Waals surface area contributed by atoms with Gasteiger partial charge in [0, 0.05) is 18.7 Å². The summed E-state index contributed by atoms with van der Waals surface area (Å²) in [4.78, 5) is 12.0. The Labute approximate surface area is 115 Å². The average Bonchev–Trinajstić information content (AvgIpc) is 2.90. The van der Waals surface area contributed by atoms with Gasteiger partial charge in [-0.25, -0.2) is 0 Å². The van der Waals surface area contributed by atoms with Crippen LogP contribution >= 0.6 is 0 Å². The second-order valence-corrected chi connectivity index (χ2v) is 4.95. The molecule has 0 aromatic heterocycles. The van der Waals surface area contributed by atoms with E-state index in [-0.39, 0.29) is 18.2 Å². The number of carbonyl (C=O) groups is 1. The molecule has 1 aromatic carbocycles. The van der Waals surface area contributed by atoms with Crippen LogP contribution in [0.15, 0.2) is 24.3 Å². The maximum absolute atomic E-state index is 12.3. The van der Waals surface area contributed by atoms with E-state index in [0.29, 0.717) is 17.8 Å². The second kappa shape index (κ2) is 6.26. The van der Waals surface area contributed by atoms with E-state index in [1.165, 1.54) is 0 Å². The first kappa shape index (κ1) is 14.8. The monoisotopic (exact) mass is 286 g/mol. The number of hydrogen-bond donors (Lipinski definition) is 2. The number of nitrogens with one attached hydrogen (secondary N) is 2. The highest BCUT2D eigenvalue weighted by Crippen LogP contribution is 2.25. The van der Waals surface area contributed by atoms with Crippen molar-refractivity contribution in [3.63, 3.8) is 0 Å². The Morgan fingerprint density at radius 3 is 2.75 bits per heavy atom. The van der Waals surface area contributed by atoms with Crippen molar-refractivity contribution >= 4 is 11.6 Å². The third kappa shape index (κ3) is 4.23. The molecule has 20 heavy (non-hydrogen) atoms. The van der Waals surface area contributed by atoms with Crippen LogP contribution in [0.1, 0.15) is 18.4 Å². The van der Waals surface area contributed by atoms with Crippen molar-refractivity contribution in [2.45, 2.75) is 25.4 Å². The molecule has 1 fully saturated rings. The fraction of sp³-hybridized carbons (Fsp3) is 0.500. The van der Waals surface area contributed by atoms with Gasteiger partial charge in [-0.15, -0.1) is 0 Å². The van der Waals surface area contributed by atoms with E-state index in [2.05, 4.69) is 10.6 Å². The van der Waals surface area contributed by atoms with Gasteiger partial charge in [0.25, 0.3) is 0 Å². The minimum atomic E-state index is -4.19. The van der Waals surface area contributed by atoms with Gasteiger partial charge in [-0.3, -0.25) is 4.79 Å². The minimum Gasteiger partial charge on any atom is -0.326 e. The van der Waals surface area contributed by atoms with Crippen LogP contribution in [-0.4, -0.2) is 25.2 Å². The van der Waals surface area contributed by atoms with Gasteiger partial charge in [0.05, 0.1) is 5.92 Å². The summed E-state index contributed by atoms with van der Waals surface area (Å²) in [5.41, 5.74) is 0.998. The topological polar surface area (TPSA) is 41.1 Å². The fourth-order valence-electron chi connectivity index (χ4n) is 2.25. The summed E-state index contributed by atoms with van der Waals surface area (Å²) in [5.74, 6) is -0.236. The minimum absolute atomic E-state index is 0.106. The van der Waals surface area contributed by atoms with E-state index in [1.807, 2.05) is 0 Å². The molecule has 0 bridgehead atoms.